The average molecular weight is 497 g/mol. The second kappa shape index (κ2) is 12.4. The third-order valence-corrected chi connectivity index (χ3v) is 5.76. The van der Waals surface area contributed by atoms with Gasteiger partial charge in [0.15, 0.2) is 35.4 Å². The SMILES string of the molecule is COc1cc([C@H](O[C@H]2[C@@H](O)[C@@H](CO)O[C@H](OC)[C@@H]2O)[C@H](CO)Oc2ccccc2OC)ccc1O. The Balaban J connectivity index is 2.02. The highest BCUT2D eigenvalue weighted by atomic mass is 16.7. The summed E-state index contributed by atoms with van der Waals surface area (Å²) in [6.45, 7) is -1.08. The first kappa shape index (κ1) is 27.0. The Morgan fingerprint density at radius 1 is 0.914 bits per heavy atom. The van der Waals surface area contributed by atoms with Crippen molar-refractivity contribution in [1.29, 1.82) is 0 Å². The molecule has 0 aromatic heterocycles. The van der Waals surface area contributed by atoms with Crippen molar-refractivity contribution in [3.8, 4) is 23.0 Å². The number of phenols is 1. The van der Waals surface area contributed by atoms with Gasteiger partial charge in [-0.05, 0) is 29.8 Å². The normalized spacial score (nSPS) is 26.1. The van der Waals surface area contributed by atoms with Crippen molar-refractivity contribution in [3.05, 3.63) is 48.0 Å². The second-order valence-corrected chi connectivity index (χ2v) is 7.88. The molecule has 1 saturated heterocycles. The first-order valence-corrected chi connectivity index (χ1v) is 11.0. The summed E-state index contributed by atoms with van der Waals surface area (Å²) in [6, 6.07) is 11.2. The van der Waals surface area contributed by atoms with Gasteiger partial charge in [0.05, 0.1) is 27.4 Å². The summed E-state index contributed by atoms with van der Waals surface area (Å²) in [7, 11) is 4.16. The van der Waals surface area contributed by atoms with Gasteiger partial charge in [-0.15, -0.1) is 0 Å². The molecule has 1 aliphatic rings. The number of hydrogen-bond acceptors (Lipinski definition) is 11. The standard InChI is InChI=1S/C24H32O11/c1-30-15-6-4-5-7-16(15)33-19(12-26)22(13-8-9-14(27)17(10-13)31-2)35-23-20(28)18(11-25)34-24(32-3)21(23)29/h4-10,18-29H,11-12H2,1-3H3/t18-,19+,20+,21-,22+,23+,24+/m1/s1. The zero-order valence-corrected chi connectivity index (χ0v) is 19.7. The number of benzene rings is 2. The molecule has 0 unspecified atom stereocenters. The van der Waals surface area contributed by atoms with Crippen molar-refractivity contribution in [2.75, 3.05) is 34.5 Å². The van der Waals surface area contributed by atoms with Crippen LogP contribution in [0, 0.1) is 0 Å². The molecule has 1 aliphatic heterocycles. The molecule has 0 aliphatic carbocycles. The Hall–Kier alpha value is -2.64. The summed E-state index contributed by atoms with van der Waals surface area (Å²) in [5, 5.41) is 51.5. The minimum absolute atomic E-state index is 0.118. The first-order chi connectivity index (χ1) is 16.9. The van der Waals surface area contributed by atoms with Crippen LogP contribution in [0.1, 0.15) is 11.7 Å². The van der Waals surface area contributed by atoms with Crippen molar-refractivity contribution >= 4 is 0 Å². The summed E-state index contributed by atoms with van der Waals surface area (Å²) in [5.74, 6) is 0.761. The predicted octanol–water partition coefficient (Wildman–Crippen LogP) is 0.361. The predicted molar refractivity (Wildman–Crippen MR) is 122 cm³/mol. The summed E-state index contributed by atoms with van der Waals surface area (Å²) in [6.07, 6.45) is -8.60. The van der Waals surface area contributed by atoms with Crippen molar-refractivity contribution in [1.82, 2.24) is 0 Å². The minimum Gasteiger partial charge on any atom is -0.504 e. The van der Waals surface area contributed by atoms with Crippen molar-refractivity contribution in [2.24, 2.45) is 0 Å². The number of methoxy groups -OCH3 is 3. The zero-order valence-electron chi connectivity index (χ0n) is 19.7. The van der Waals surface area contributed by atoms with Gasteiger partial charge in [0.1, 0.15) is 30.5 Å². The molecular weight excluding hydrogens is 464 g/mol. The monoisotopic (exact) mass is 496 g/mol. The molecule has 35 heavy (non-hydrogen) atoms. The number of para-hydroxylation sites is 2. The fourth-order valence-electron chi connectivity index (χ4n) is 3.90. The quantitative estimate of drug-likeness (QED) is 0.293. The molecule has 11 nitrogen and oxygen atoms in total. The third kappa shape index (κ3) is 5.96. The van der Waals surface area contributed by atoms with E-state index >= 15 is 0 Å². The molecule has 7 atom stereocenters. The van der Waals surface area contributed by atoms with Crippen molar-refractivity contribution in [3.63, 3.8) is 0 Å². The van der Waals surface area contributed by atoms with E-state index in [1.54, 1.807) is 24.3 Å². The maximum Gasteiger partial charge on any atom is 0.186 e. The Morgan fingerprint density at radius 2 is 1.60 bits per heavy atom. The van der Waals surface area contributed by atoms with Crippen molar-refractivity contribution < 1.29 is 54.0 Å². The molecule has 2 aromatic carbocycles. The van der Waals surface area contributed by atoms with Crippen LogP contribution in [0.4, 0.5) is 0 Å². The van der Waals surface area contributed by atoms with E-state index in [-0.39, 0.29) is 11.5 Å². The van der Waals surface area contributed by atoms with Gasteiger partial charge in [0.2, 0.25) is 0 Å². The van der Waals surface area contributed by atoms with Gasteiger partial charge in [0.25, 0.3) is 0 Å². The van der Waals surface area contributed by atoms with E-state index in [2.05, 4.69) is 0 Å². The van der Waals surface area contributed by atoms with Crippen LogP contribution >= 0.6 is 0 Å². The number of ether oxygens (including phenoxy) is 6. The van der Waals surface area contributed by atoms with Gasteiger partial charge >= 0.3 is 0 Å². The number of phenolic OH excluding ortho intramolecular Hbond substituents is 1. The number of hydrogen-bond donors (Lipinski definition) is 5. The van der Waals surface area contributed by atoms with Gasteiger partial charge in [-0.2, -0.15) is 0 Å². The maximum absolute atomic E-state index is 10.8. The topological polar surface area (TPSA) is 157 Å². The summed E-state index contributed by atoms with van der Waals surface area (Å²) >= 11 is 0. The van der Waals surface area contributed by atoms with Crippen molar-refractivity contribution in [2.45, 2.75) is 42.9 Å². The summed E-state index contributed by atoms with van der Waals surface area (Å²) in [4.78, 5) is 0. The molecule has 2 aromatic rings. The van der Waals surface area contributed by atoms with E-state index in [1.807, 2.05) is 0 Å². The van der Waals surface area contributed by atoms with E-state index < -0.39 is 56.1 Å². The van der Waals surface area contributed by atoms with Crippen LogP contribution in [0.5, 0.6) is 23.0 Å². The van der Waals surface area contributed by atoms with E-state index in [9.17, 15) is 25.5 Å². The molecule has 5 N–H and O–H groups in total. The highest BCUT2D eigenvalue weighted by molar-refractivity contribution is 5.43. The van der Waals surface area contributed by atoms with E-state index in [1.165, 1.54) is 39.5 Å². The van der Waals surface area contributed by atoms with Crippen LogP contribution in [0.25, 0.3) is 0 Å². The lowest BCUT2D eigenvalue weighted by Crippen LogP contribution is -2.60. The lowest BCUT2D eigenvalue weighted by atomic mass is 9.97. The first-order valence-electron chi connectivity index (χ1n) is 11.0. The van der Waals surface area contributed by atoms with Gasteiger partial charge in [-0.3, -0.25) is 0 Å². The zero-order chi connectivity index (χ0) is 25.5. The highest BCUT2D eigenvalue weighted by Gasteiger charge is 2.47. The molecule has 3 rings (SSSR count). The highest BCUT2D eigenvalue weighted by Crippen LogP contribution is 2.37. The van der Waals surface area contributed by atoms with Crippen LogP contribution in [-0.4, -0.2) is 96.9 Å². The number of aliphatic hydroxyl groups is 4. The molecule has 0 amide bonds. The molecule has 0 saturated carbocycles. The van der Waals surface area contributed by atoms with Crippen LogP contribution < -0.4 is 14.2 Å². The molecule has 0 bridgehead atoms. The third-order valence-electron chi connectivity index (χ3n) is 5.76. The fourth-order valence-corrected chi connectivity index (χ4v) is 3.90. The molecule has 11 heteroatoms. The Labute approximate surface area is 203 Å². The number of aromatic hydroxyl groups is 1. The Morgan fingerprint density at radius 3 is 2.20 bits per heavy atom. The second-order valence-electron chi connectivity index (χ2n) is 7.88. The molecule has 1 fully saturated rings. The Bertz CT molecular complexity index is 923. The maximum atomic E-state index is 10.8. The summed E-state index contributed by atoms with van der Waals surface area (Å²) in [5.41, 5.74) is 0.411. The van der Waals surface area contributed by atoms with E-state index in [4.69, 9.17) is 28.4 Å². The van der Waals surface area contributed by atoms with Gasteiger partial charge < -0.3 is 54.0 Å². The smallest absolute Gasteiger partial charge is 0.186 e. The summed E-state index contributed by atoms with van der Waals surface area (Å²) < 4.78 is 33.3. The molecule has 1 heterocycles. The van der Waals surface area contributed by atoms with Gasteiger partial charge in [0, 0.05) is 7.11 Å². The van der Waals surface area contributed by atoms with Gasteiger partial charge in [-0.25, -0.2) is 0 Å². The molecule has 0 spiro atoms. The number of aliphatic hydroxyl groups excluding tert-OH is 4. The molecule has 194 valence electrons. The number of rotatable bonds is 11. The van der Waals surface area contributed by atoms with Gasteiger partial charge in [-0.1, -0.05) is 18.2 Å². The van der Waals surface area contributed by atoms with E-state index in [0.717, 1.165) is 0 Å². The van der Waals surface area contributed by atoms with Crippen LogP contribution in [0.2, 0.25) is 0 Å². The van der Waals surface area contributed by atoms with Crippen LogP contribution in [0.3, 0.4) is 0 Å². The van der Waals surface area contributed by atoms with Crippen LogP contribution in [-0.2, 0) is 14.2 Å². The Kier molecular flexibility index (Phi) is 9.52. The molecular formula is C24H32O11. The average Bonchev–Trinajstić information content (AvgIpc) is 2.88. The lowest BCUT2D eigenvalue weighted by Gasteiger charge is -2.43. The van der Waals surface area contributed by atoms with Crippen LogP contribution in [0.15, 0.2) is 42.5 Å². The van der Waals surface area contributed by atoms with E-state index in [0.29, 0.717) is 17.1 Å². The molecule has 0 radical (unpaired) electrons. The lowest BCUT2D eigenvalue weighted by molar-refractivity contribution is -0.311. The largest absolute Gasteiger partial charge is 0.504 e. The minimum atomic E-state index is -1.44. The fraction of sp³-hybridized carbons (Fsp3) is 0.500.